The molecule has 0 aliphatic heterocycles. The van der Waals surface area contributed by atoms with Crippen LogP contribution in [0.5, 0.6) is 0 Å². The Hall–Kier alpha value is -0.870. The zero-order valence-corrected chi connectivity index (χ0v) is 11.0. The number of nitrogens with two attached hydrogens (primary N) is 1. The van der Waals surface area contributed by atoms with Crippen molar-refractivity contribution < 1.29 is 4.42 Å². The molecule has 2 rings (SSSR count). The van der Waals surface area contributed by atoms with E-state index in [2.05, 4.69) is 34.8 Å². The fourth-order valence-corrected chi connectivity index (χ4v) is 1.92. The highest BCUT2D eigenvalue weighted by Gasteiger charge is 2.14. The van der Waals surface area contributed by atoms with Crippen LogP contribution >= 0.6 is 15.9 Å². The van der Waals surface area contributed by atoms with Crippen LogP contribution in [-0.2, 0) is 6.42 Å². The van der Waals surface area contributed by atoms with Gasteiger partial charge in [-0.1, -0.05) is 19.9 Å². The topological polar surface area (TPSA) is 52.0 Å². The van der Waals surface area contributed by atoms with Gasteiger partial charge >= 0.3 is 0 Å². The molecule has 1 atom stereocenters. The van der Waals surface area contributed by atoms with Crippen molar-refractivity contribution in [1.29, 1.82) is 0 Å². The van der Waals surface area contributed by atoms with Gasteiger partial charge in [0.05, 0.1) is 4.47 Å². The molecule has 1 unspecified atom stereocenters. The Bertz CT molecular complexity index is 493. The highest BCUT2D eigenvalue weighted by Crippen LogP contribution is 2.25. The van der Waals surface area contributed by atoms with Gasteiger partial charge in [-0.15, -0.1) is 0 Å². The summed E-state index contributed by atoms with van der Waals surface area (Å²) in [4.78, 5) is 4.42. The number of hydrogen-bond donors (Lipinski definition) is 1. The van der Waals surface area contributed by atoms with E-state index in [1.54, 1.807) is 0 Å². The number of halogens is 1. The Kier molecular flexibility index (Phi) is 3.30. The van der Waals surface area contributed by atoms with Crippen molar-refractivity contribution in [2.75, 3.05) is 0 Å². The van der Waals surface area contributed by atoms with Crippen LogP contribution in [-0.4, -0.2) is 11.0 Å². The van der Waals surface area contributed by atoms with Gasteiger partial charge in [0.25, 0.3) is 0 Å². The molecule has 0 spiro atoms. The molecule has 1 aromatic heterocycles. The molecule has 0 saturated carbocycles. The summed E-state index contributed by atoms with van der Waals surface area (Å²) in [5.41, 5.74) is 7.67. The predicted octanol–water partition coefficient (Wildman–Crippen LogP) is 3.12. The molecule has 2 N–H and O–H groups in total. The van der Waals surface area contributed by atoms with E-state index in [1.165, 1.54) is 0 Å². The Balaban J connectivity index is 2.30. The second-order valence-corrected chi connectivity index (χ2v) is 5.16. The fourth-order valence-electron chi connectivity index (χ4n) is 1.49. The second-order valence-electron chi connectivity index (χ2n) is 4.31. The van der Waals surface area contributed by atoms with Gasteiger partial charge in [-0.25, -0.2) is 4.98 Å². The first kappa shape index (κ1) is 11.6. The van der Waals surface area contributed by atoms with Gasteiger partial charge in [0.2, 0.25) is 0 Å². The molecule has 16 heavy (non-hydrogen) atoms. The maximum atomic E-state index is 6.00. The van der Waals surface area contributed by atoms with Crippen molar-refractivity contribution in [3.63, 3.8) is 0 Å². The molecule has 1 heterocycles. The Morgan fingerprint density at radius 2 is 2.19 bits per heavy atom. The minimum atomic E-state index is 0.0897. The van der Waals surface area contributed by atoms with Gasteiger partial charge in [-0.2, -0.15) is 0 Å². The van der Waals surface area contributed by atoms with E-state index < -0.39 is 0 Å². The Labute approximate surface area is 103 Å². The van der Waals surface area contributed by atoms with Crippen LogP contribution in [0, 0.1) is 5.92 Å². The highest BCUT2D eigenvalue weighted by molar-refractivity contribution is 9.10. The molecule has 3 nitrogen and oxygen atoms in total. The summed E-state index contributed by atoms with van der Waals surface area (Å²) in [6.07, 6.45) is 0.679. The molecule has 0 radical (unpaired) electrons. The van der Waals surface area contributed by atoms with Gasteiger partial charge in [0.15, 0.2) is 11.5 Å². The van der Waals surface area contributed by atoms with Crippen LogP contribution in [0.25, 0.3) is 11.1 Å². The summed E-state index contributed by atoms with van der Waals surface area (Å²) in [7, 11) is 0. The van der Waals surface area contributed by atoms with Crippen molar-refractivity contribution in [3.05, 3.63) is 28.6 Å². The maximum absolute atomic E-state index is 6.00. The van der Waals surface area contributed by atoms with E-state index in [0.29, 0.717) is 18.2 Å². The van der Waals surface area contributed by atoms with Crippen LogP contribution in [0.4, 0.5) is 0 Å². The highest BCUT2D eigenvalue weighted by atomic mass is 79.9. The van der Waals surface area contributed by atoms with Gasteiger partial charge in [0.1, 0.15) is 5.52 Å². The standard InChI is InChI=1S/C12H15BrN2O/c1-7(2)9(14)6-11-15-10-5-3-4-8(13)12(10)16-11/h3-5,7,9H,6,14H2,1-2H3. The first-order valence-corrected chi connectivity index (χ1v) is 6.16. The number of hydrogen-bond acceptors (Lipinski definition) is 3. The first-order valence-electron chi connectivity index (χ1n) is 5.37. The predicted molar refractivity (Wildman–Crippen MR) is 68.2 cm³/mol. The van der Waals surface area contributed by atoms with Crippen molar-refractivity contribution in [3.8, 4) is 0 Å². The number of nitrogens with zero attached hydrogens (tertiary/aromatic N) is 1. The van der Waals surface area contributed by atoms with Crippen molar-refractivity contribution in [1.82, 2.24) is 4.98 Å². The van der Waals surface area contributed by atoms with E-state index in [1.807, 2.05) is 18.2 Å². The van der Waals surface area contributed by atoms with Crippen LogP contribution in [0.15, 0.2) is 27.1 Å². The number of fused-ring (bicyclic) bond motifs is 1. The maximum Gasteiger partial charge on any atom is 0.197 e. The third-order valence-corrected chi connectivity index (χ3v) is 3.30. The number of benzene rings is 1. The zero-order chi connectivity index (χ0) is 11.7. The molecular formula is C12H15BrN2O. The van der Waals surface area contributed by atoms with Gasteiger partial charge in [0, 0.05) is 12.5 Å². The van der Waals surface area contributed by atoms with E-state index in [4.69, 9.17) is 10.2 Å². The summed E-state index contributed by atoms with van der Waals surface area (Å²) >= 11 is 3.44. The minimum absolute atomic E-state index is 0.0897. The number of aromatic nitrogens is 1. The van der Waals surface area contributed by atoms with Crippen molar-refractivity contribution in [2.24, 2.45) is 11.7 Å². The number of rotatable bonds is 3. The Morgan fingerprint density at radius 1 is 1.44 bits per heavy atom. The quantitative estimate of drug-likeness (QED) is 0.941. The van der Waals surface area contributed by atoms with Crippen LogP contribution < -0.4 is 5.73 Å². The smallest absolute Gasteiger partial charge is 0.197 e. The lowest BCUT2D eigenvalue weighted by Crippen LogP contribution is -2.28. The molecule has 2 aromatic rings. The van der Waals surface area contributed by atoms with E-state index in [-0.39, 0.29) is 6.04 Å². The lowest BCUT2D eigenvalue weighted by Gasteiger charge is -2.12. The molecule has 0 fully saturated rings. The van der Waals surface area contributed by atoms with Crippen molar-refractivity contribution >= 4 is 27.0 Å². The van der Waals surface area contributed by atoms with Crippen LogP contribution in [0.1, 0.15) is 19.7 Å². The SMILES string of the molecule is CC(C)C(N)Cc1nc2cccc(Br)c2o1. The molecule has 0 saturated heterocycles. The number of para-hydroxylation sites is 1. The van der Waals surface area contributed by atoms with Gasteiger partial charge < -0.3 is 10.2 Å². The molecule has 0 bridgehead atoms. The largest absolute Gasteiger partial charge is 0.439 e. The molecule has 1 aromatic carbocycles. The van der Waals surface area contributed by atoms with Gasteiger partial charge in [-0.05, 0) is 34.0 Å². The normalized spacial score (nSPS) is 13.6. The third-order valence-electron chi connectivity index (χ3n) is 2.68. The number of oxazole rings is 1. The summed E-state index contributed by atoms with van der Waals surface area (Å²) in [6, 6.07) is 5.92. The molecule has 0 aliphatic carbocycles. The molecule has 86 valence electrons. The lowest BCUT2D eigenvalue weighted by atomic mass is 10.0. The summed E-state index contributed by atoms with van der Waals surface area (Å²) in [5.74, 6) is 1.14. The minimum Gasteiger partial charge on any atom is -0.439 e. The van der Waals surface area contributed by atoms with E-state index in [9.17, 15) is 0 Å². The van der Waals surface area contributed by atoms with Gasteiger partial charge in [-0.3, -0.25) is 0 Å². The van der Waals surface area contributed by atoms with Crippen molar-refractivity contribution in [2.45, 2.75) is 26.3 Å². The molecular weight excluding hydrogens is 268 g/mol. The van der Waals surface area contributed by atoms with E-state index in [0.717, 1.165) is 15.6 Å². The molecule has 4 heteroatoms. The summed E-state index contributed by atoms with van der Waals surface area (Å²) < 4.78 is 6.61. The van der Waals surface area contributed by atoms with E-state index >= 15 is 0 Å². The average Bonchev–Trinajstić information content (AvgIpc) is 2.61. The van der Waals surface area contributed by atoms with Crippen LogP contribution in [0.2, 0.25) is 0 Å². The summed E-state index contributed by atoms with van der Waals surface area (Å²) in [6.45, 7) is 4.20. The first-order chi connectivity index (χ1) is 7.58. The third kappa shape index (κ3) is 2.28. The zero-order valence-electron chi connectivity index (χ0n) is 9.40. The lowest BCUT2D eigenvalue weighted by molar-refractivity contribution is 0.432. The monoisotopic (exact) mass is 282 g/mol. The summed E-state index contributed by atoms with van der Waals surface area (Å²) in [5, 5.41) is 0. The molecule has 0 aliphatic rings. The fraction of sp³-hybridized carbons (Fsp3) is 0.417. The second kappa shape index (κ2) is 4.55. The average molecular weight is 283 g/mol. The Morgan fingerprint density at radius 3 is 2.81 bits per heavy atom. The van der Waals surface area contributed by atoms with Crippen LogP contribution in [0.3, 0.4) is 0 Å². The molecule has 0 amide bonds.